The van der Waals surface area contributed by atoms with Crippen LogP contribution in [0.5, 0.6) is 0 Å². The Morgan fingerprint density at radius 3 is 2.52 bits per heavy atom. The van der Waals surface area contributed by atoms with E-state index in [1.807, 2.05) is 0 Å². The minimum absolute atomic E-state index is 0.162. The fourth-order valence-electron chi connectivity index (χ4n) is 1.51. The maximum Gasteiger partial charge on any atom is 0.408 e. The van der Waals surface area contributed by atoms with Gasteiger partial charge in [0.2, 0.25) is 0 Å². The molecule has 0 heterocycles. The van der Waals surface area contributed by atoms with Crippen molar-refractivity contribution in [1.29, 1.82) is 0 Å². The van der Waals surface area contributed by atoms with Gasteiger partial charge in [-0.1, -0.05) is 11.8 Å². The van der Waals surface area contributed by atoms with Gasteiger partial charge in [-0.15, -0.1) is 0 Å². The molecule has 0 aliphatic heterocycles. The quantitative estimate of drug-likeness (QED) is 0.820. The number of carbonyl (C=O) groups excluding carboxylic acids is 1. The van der Waals surface area contributed by atoms with Gasteiger partial charge in [-0.3, -0.25) is 0 Å². The second kappa shape index (κ2) is 6.80. The number of aromatic carboxylic acids is 1. The molecule has 0 aliphatic carbocycles. The molecule has 0 bridgehead atoms. The zero-order chi connectivity index (χ0) is 16.0. The summed E-state index contributed by atoms with van der Waals surface area (Å²) in [6, 6.07) is 4.72. The lowest BCUT2D eigenvalue weighted by molar-refractivity contribution is 0.0534. The summed E-state index contributed by atoms with van der Waals surface area (Å²) in [5.41, 5.74) is 1.19. The summed E-state index contributed by atoms with van der Waals surface area (Å²) in [4.78, 5) is 22.2. The molecule has 0 fully saturated rings. The number of hydrogen-bond acceptors (Lipinski definition) is 3. The molecule has 1 amide bonds. The number of aryl methyl sites for hydroxylation is 1. The Labute approximate surface area is 124 Å². The third kappa shape index (κ3) is 6.00. The highest BCUT2D eigenvalue weighted by atomic mass is 16.6. The topological polar surface area (TPSA) is 75.6 Å². The summed E-state index contributed by atoms with van der Waals surface area (Å²) in [7, 11) is 0. The molecule has 0 spiro atoms. The van der Waals surface area contributed by atoms with Crippen LogP contribution >= 0.6 is 0 Å². The number of hydrogen-bond donors (Lipinski definition) is 2. The molecule has 1 rings (SSSR count). The van der Waals surface area contributed by atoms with Gasteiger partial charge in [0.15, 0.2) is 0 Å². The summed E-state index contributed by atoms with van der Waals surface area (Å²) < 4.78 is 5.07. The van der Waals surface area contributed by atoms with Crippen molar-refractivity contribution in [3.05, 3.63) is 34.9 Å². The molecule has 0 saturated carbocycles. The molecular weight excluding hydrogens is 270 g/mol. The van der Waals surface area contributed by atoms with Crippen molar-refractivity contribution in [1.82, 2.24) is 5.32 Å². The zero-order valence-electron chi connectivity index (χ0n) is 12.6. The molecule has 0 atom stereocenters. The van der Waals surface area contributed by atoms with Gasteiger partial charge in [-0.05, 0) is 51.5 Å². The first-order valence-corrected chi connectivity index (χ1v) is 6.49. The average molecular weight is 289 g/mol. The molecule has 1 aromatic rings. The number of nitrogens with one attached hydrogen (secondary N) is 1. The van der Waals surface area contributed by atoms with Crippen LogP contribution in [0, 0.1) is 18.8 Å². The van der Waals surface area contributed by atoms with E-state index in [0.717, 1.165) is 11.1 Å². The minimum atomic E-state index is -0.968. The number of alkyl carbamates (subject to hydrolysis) is 1. The van der Waals surface area contributed by atoms with Gasteiger partial charge in [-0.2, -0.15) is 0 Å². The second-order valence-corrected chi connectivity index (χ2v) is 5.49. The second-order valence-electron chi connectivity index (χ2n) is 5.49. The first-order valence-electron chi connectivity index (χ1n) is 6.49. The molecule has 112 valence electrons. The Morgan fingerprint density at radius 2 is 2.00 bits per heavy atom. The van der Waals surface area contributed by atoms with Crippen LogP contribution in [0.3, 0.4) is 0 Å². The number of rotatable bonds is 2. The van der Waals surface area contributed by atoms with Gasteiger partial charge in [0.25, 0.3) is 0 Å². The predicted molar refractivity (Wildman–Crippen MR) is 79.3 cm³/mol. The van der Waals surface area contributed by atoms with E-state index in [1.54, 1.807) is 39.8 Å². The molecule has 1 aromatic carbocycles. The van der Waals surface area contributed by atoms with Crippen molar-refractivity contribution >= 4 is 12.1 Å². The minimum Gasteiger partial charge on any atom is -0.478 e. The largest absolute Gasteiger partial charge is 0.478 e. The summed E-state index contributed by atoms with van der Waals surface area (Å²) in [6.45, 7) is 7.30. The third-order valence-corrected chi connectivity index (χ3v) is 2.42. The molecule has 0 aromatic heterocycles. The Balaban J connectivity index is 2.60. The third-order valence-electron chi connectivity index (χ3n) is 2.42. The van der Waals surface area contributed by atoms with Crippen molar-refractivity contribution in [3.8, 4) is 11.8 Å². The van der Waals surface area contributed by atoms with E-state index < -0.39 is 17.7 Å². The summed E-state index contributed by atoms with van der Waals surface area (Å²) in [5, 5.41) is 11.4. The first-order chi connectivity index (χ1) is 9.69. The summed E-state index contributed by atoms with van der Waals surface area (Å²) in [6.07, 6.45) is -0.519. The van der Waals surface area contributed by atoms with Crippen LogP contribution in [0.2, 0.25) is 0 Å². The van der Waals surface area contributed by atoms with Crippen LogP contribution in [0.1, 0.15) is 42.3 Å². The van der Waals surface area contributed by atoms with E-state index in [-0.39, 0.29) is 12.1 Å². The van der Waals surface area contributed by atoms with Gasteiger partial charge in [0, 0.05) is 5.56 Å². The van der Waals surface area contributed by atoms with Crippen LogP contribution in [0.15, 0.2) is 18.2 Å². The normalized spacial score (nSPS) is 10.3. The molecule has 0 aliphatic rings. The highest BCUT2D eigenvalue weighted by Crippen LogP contribution is 2.10. The number of benzene rings is 1. The van der Waals surface area contributed by atoms with E-state index in [0.29, 0.717) is 0 Å². The molecule has 21 heavy (non-hydrogen) atoms. The number of amides is 1. The van der Waals surface area contributed by atoms with Gasteiger partial charge < -0.3 is 15.2 Å². The van der Waals surface area contributed by atoms with E-state index in [4.69, 9.17) is 9.84 Å². The van der Waals surface area contributed by atoms with E-state index in [1.165, 1.54) is 6.07 Å². The predicted octanol–water partition coefficient (Wildman–Crippen LogP) is 2.57. The number of ether oxygens (including phenoxy) is 1. The van der Waals surface area contributed by atoms with Gasteiger partial charge in [-0.25, -0.2) is 9.59 Å². The number of carbonyl (C=O) groups is 2. The lowest BCUT2D eigenvalue weighted by Crippen LogP contribution is -2.32. The summed E-state index contributed by atoms with van der Waals surface area (Å²) in [5.74, 6) is 4.71. The van der Waals surface area contributed by atoms with Crippen LogP contribution in [-0.4, -0.2) is 29.3 Å². The molecule has 0 unspecified atom stereocenters. The van der Waals surface area contributed by atoms with E-state index in [9.17, 15) is 9.59 Å². The highest BCUT2D eigenvalue weighted by molar-refractivity contribution is 5.88. The van der Waals surface area contributed by atoms with Crippen LogP contribution < -0.4 is 5.32 Å². The van der Waals surface area contributed by atoms with Crippen LogP contribution in [-0.2, 0) is 4.74 Å². The molecular formula is C16H19NO4. The zero-order valence-corrected chi connectivity index (χ0v) is 12.6. The maximum absolute atomic E-state index is 11.4. The van der Waals surface area contributed by atoms with Gasteiger partial charge >= 0.3 is 12.1 Å². The lowest BCUT2D eigenvalue weighted by Gasteiger charge is -2.19. The average Bonchev–Trinajstić information content (AvgIpc) is 2.33. The fourth-order valence-corrected chi connectivity index (χ4v) is 1.51. The summed E-state index contributed by atoms with van der Waals surface area (Å²) >= 11 is 0. The van der Waals surface area contributed by atoms with E-state index in [2.05, 4.69) is 17.2 Å². The van der Waals surface area contributed by atoms with Crippen molar-refractivity contribution in [2.24, 2.45) is 0 Å². The monoisotopic (exact) mass is 289 g/mol. The molecule has 5 heteroatoms. The lowest BCUT2D eigenvalue weighted by atomic mass is 10.1. The molecule has 5 nitrogen and oxygen atoms in total. The smallest absolute Gasteiger partial charge is 0.408 e. The van der Waals surface area contributed by atoms with Crippen LogP contribution in [0.25, 0.3) is 0 Å². The van der Waals surface area contributed by atoms with Gasteiger partial charge in [0.1, 0.15) is 5.60 Å². The molecule has 0 saturated heterocycles. The Kier molecular flexibility index (Phi) is 5.37. The van der Waals surface area contributed by atoms with Crippen molar-refractivity contribution in [3.63, 3.8) is 0 Å². The highest BCUT2D eigenvalue weighted by Gasteiger charge is 2.15. The van der Waals surface area contributed by atoms with Crippen molar-refractivity contribution in [2.75, 3.05) is 6.54 Å². The standard InChI is InChI=1S/C16H19NO4/c1-11-10-13(14(18)19)8-7-12(11)6-5-9-17-15(20)21-16(2,3)4/h7-8,10H,9H2,1-4H3,(H,17,20)(H,18,19). The Morgan fingerprint density at radius 1 is 1.33 bits per heavy atom. The maximum atomic E-state index is 11.4. The Hall–Kier alpha value is -2.48. The fraction of sp³-hybridized carbons (Fsp3) is 0.375. The molecule has 0 radical (unpaired) electrons. The van der Waals surface area contributed by atoms with E-state index >= 15 is 0 Å². The van der Waals surface area contributed by atoms with Crippen LogP contribution in [0.4, 0.5) is 4.79 Å². The SMILES string of the molecule is Cc1cc(C(=O)O)ccc1C#CCNC(=O)OC(C)(C)C. The van der Waals surface area contributed by atoms with Gasteiger partial charge in [0.05, 0.1) is 12.1 Å². The Bertz CT molecular complexity index is 603. The molecule has 2 N–H and O–H groups in total. The first kappa shape index (κ1) is 16.6. The number of carboxylic acids is 1. The van der Waals surface area contributed by atoms with Crippen molar-refractivity contribution in [2.45, 2.75) is 33.3 Å². The number of carboxylic acid groups (broad SMARTS) is 1. The van der Waals surface area contributed by atoms with Crippen molar-refractivity contribution < 1.29 is 19.4 Å².